The molecule has 2 saturated heterocycles. The number of sulfonamides is 1. The Kier molecular flexibility index (Phi) is 6.67. The van der Waals surface area contributed by atoms with E-state index >= 15 is 0 Å². The average molecular weight is 448 g/mol. The maximum atomic E-state index is 13.2. The van der Waals surface area contributed by atoms with Gasteiger partial charge in [0, 0.05) is 44.7 Å². The Morgan fingerprint density at radius 1 is 0.968 bits per heavy atom. The third-order valence-electron chi connectivity index (χ3n) is 7.18. The van der Waals surface area contributed by atoms with E-state index in [4.69, 9.17) is 0 Å². The fourth-order valence-electron chi connectivity index (χ4n) is 5.47. The summed E-state index contributed by atoms with van der Waals surface area (Å²) in [6.45, 7) is 3.10. The largest absolute Gasteiger partial charge is 0.340 e. The fourth-order valence-corrected chi connectivity index (χ4v) is 6.99. The summed E-state index contributed by atoms with van der Waals surface area (Å²) in [4.78, 5) is 26.5. The van der Waals surface area contributed by atoms with Crippen LogP contribution >= 0.6 is 0 Å². The van der Waals surface area contributed by atoms with Crippen LogP contribution in [0.25, 0.3) is 0 Å². The number of hydrogen-bond donors (Lipinski definition) is 1. The van der Waals surface area contributed by atoms with Crippen molar-refractivity contribution in [1.29, 1.82) is 0 Å². The summed E-state index contributed by atoms with van der Waals surface area (Å²) in [6.07, 6.45) is 8.05. The number of amides is 2. The van der Waals surface area contributed by atoms with Gasteiger partial charge in [-0.3, -0.25) is 9.59 Å². The van der Waals surface area contributed by atoms with Gasteiger partial charge in [-0.2, -0.15) is 4.31 Å². The molecule has 1 aromatic rings. The summed E-state index contributed by atoms with van der Waals surface area (Å²) in [5, 5.41) is 2.66. The van der Waals surface area contributed by atoms with Crippen molar-refractivity contribution in [2.45, 2.75) is 69.2 Å². The van der Waals surface area contributed by atoms with Gasteiger partial charge in [-0.05, 0) is 61.8 Å². The van der Waals surface area contributed by atoms with E-state index in [1.807, 2.05) is 0 Å². The van der Waals surface area contributed by atoms with E-state index in [9.17, 15) is 18.0 Å². The molecule has 0 radical (unpaired) electrons. The number of nitrogens with zero attached hydrogens (tertiary/aromatic N) is 2. The molecule has 1 N–H and O–H groups in total. The van der Waals surface area contributed by atoms with Crippen LogP contribution in [-0.2, 0) is 19.6 Å². The number of benzene rings is 1. The molecule has 4 rings (SSSR count). The predicted octanol–water partition coefficient (Wildman–Crippen LogP) is 3.23. The lowest BCUT2D eigenvalue weighted by Gasteiger charge is -2.36. The number of likely N-dealkylation sites (tertiary alicyclic amines) is 1. The second kappa shape index (κ2) is 9.28. The number of carbonyl (C=O) groups is 2. The molecule has 170 valence electrons. The average Bonchev–Trinajstić information content (AvgIpc) is 2.92. The minimum absolute atomic E-state index is 0.192. The molecule has 8 heteroatoms. The van der Waals surface area contributed by atoms with Gasteiger partial charge in [0.15, 0.2) is 0 Å². The maximum absolute atomic E-state index is 13.2. The number of hydrogen-bond acceptors (Lipinski definition) is 4. The van der Waals surface area contributed by atoms with Gasteiger partial charge in [0.25, 0.3) is 0 Å². The summed E-state index contributed by atoms with van der Waals surface area (Å²) in [5.74, 6) is 0.571. The highest BCUT2D eigenvalue weighted by Gasteiger charge is 2.40. The second-order valence-corrected chi connectivity index (χ2v) is 11.2. The Morgan fingerprint density at radius 3 is 2.32 bits per heavy atom. The van der Waals surface area contributed by atoms with Gasteiger partial charge in [-0.15, -0.1) is 0 Å². The Hall–Kier alpha value is -1.93. The van der Waals surface area contributed by atoms with Crippen LogP contribution in [0.4, 0.5) is 5.69 Å². The molecule has 1 aromatic carbocycles. The zero-order valence-electron chi connectivity index (χ0n) is 18.3. The Labute approximate surface area is 185 Å². The lowest BCUT2D eigenvalue weighted by molar-refractivity contribution is -0.134. The molecule has 1 saturated carbocycles. The SMILES string of the molecule is CC(=O)Nc1ccc(S(=O)(=O)N2CC[C@H]3CC(=O)N(C4CCCCC4)CC[C@H]3C2)cc1. The lowest BCUT2D eigenvalue weighted by atomic mass is 9.83. The van der Waals surface area contributed by atoms with Crippen molar-refractivity contribution >= 4 is 27.5 Å². The normalized spacial score (nSPS) is 26.2. The van der Waals surface area contributed by atoms with Crippen LogP contribution in [0.3, 0.4) is 0 Å². The summed E-state index contributed by atoms with van der Waals surface area (Å²) in [6, 6.07) is 6.71. The van der Waals surface area contributed by atoms with Gasteiger partial charge < -0.3 is 10.2 Å². The zero-order valence-corrected chi connectivity index (χ0v) is 19.1. The summed E-state index contributed by atoms with van der Waals surface area (Å²) in [5.41, 5.74) is 0.579. The van der Waals surface area contributed by atoms with E-state index in [0.29, 0.717) is 31.2 Å². The van der Waals surface area contributed by atoms with Crippen molar-refractivity contribution in [2.24, 2.45) is 11.8 Å². The molecular formula is C23H33N3O4S. The van der Waals surface area contributed by atoms with Crippen molar-refractivity contribution in [1.82, 2.24) is 9.21 Å². The molecule has 3 aliphatic rings. The van der Waals surface area contributed by atoms with Gasteiger partial charge >= 0.3 is 0 Å². The van der Waals surface area contributed by atoms with Gasteiger partial charge in [-0.25, -0.2) is 8.42 Å². The van der Waals surface area contributed by atoms with Gasteiger partial charge in [0.1, 0.15) is 0 Å². The van der Waals surface area contributed by atoms with Crippen LogP contribution in [0.2, 0.25) is 0 Å². The molecule has 2 amide bonds. The van der Waals surface area contributed by atoms with Gasteiger partial charge in [0.05, 0.1) is 4.90 Å². The third kappa shape index (κ3) is 4.95. The molecule has 31 heavy (non-hydrogen) atoms. The summed E-state index contributed by atoms with van der Waals surface area (Å²) in [7, 11) is -3.60. The number of piperidine rings is 1. The molecule has 1 aliphatic carbocycles. The molecule has 3 fully saturated rings. The quantitative estimate of drug-likeness (QED) is 0.768. The fraction of sp³-hybridized carbons (Fsp3) is 0.652. The minimum atomic E-state index is -3.60. The molecule has 7 nitrogen and oxygen atoms in total. The van der Waals surface area contributed by atoms with Gasteiger partial charge in [-0.1, -0.05) is 19.3 Å². The molecule has 2 heterocycles. The minimum Gasteiger partial charge on any atom is -0.340 e. The van der Waals surface area contributed by atoms with E-state index in [1.165, 1.54) is 26.2 Å². The number of fused-ring (bicyclic) bond motifs is 1. The van der Waals surface area contributed by atoms with Crippen molar-refractivity contribution < 1.29 is 18.0 Å². The first-order valence-electron chi connectivity index (χ1n) is 11.5. The predicted molar refractivity (Wildman–Crippen MR) is 119 cm³/mol. The van der Waals surface area contributed by atoms with Crippen molar-refractivity contribution in [3.8, 4) is 0 Å². The first kappa shape index (κ1) is 22.3. The highest BCUT2D eigenvalue weighted by atomic mass is 32.2. The first-order chi connectivity index (χ1) is 14.8. The first-order valence-corrected chi connectivity index (χ1v) is 13.0. The summed E-state index contributed by atoms with van der Waals surface area (Å²) < 4.78 is 28.0. The van der Waals surface area contributed by atoms with E-state index in [-0.39, 0.29) is 28.5 Å². The molecule has 2 atom stereocenters. The highest BCUT2D eigenvalue weighted by Crippen LogP contribution is 2.36. The van der Waals surface area contributed by atoms with Crippen molar-refractivity contribution in [3.63, 3.8) is 0 Å². The van der Waals surface area contributed by atoms with E-state index in [2.05, 4.69) is 10.2 Å². The van der Waals surface area contributed by atoms with Crippen LogP contribution in [0.1, 0.15) is 58.3 Å². The number of nitrogens with one attached hydrogen (secondary N) is 1. The van der Waals surface area contributed by atoms with Crippen molar-refractivity contribution in [3.05, 3.63) is 24.3 Å². The Morgan fingerprint density at radius 2 is 1.65 bits per heavy atom. The number of carbonyl (C=O) groups excluding carboxylic acids is 2. The molecule has 2 aliphatic heterocycles. The van der Waals surface area contributed by atoms with Crippen LogP contribution in [0, 0.1) is 11.8 Å². The second-order valence-electron chi connectivity index (χ2n) is 9.25. The molecular weight excluding hydrogens is 414 g/mol. The van der Waals surface area contributed by atoms with E-state index < -0.39 is 10.0 Å². The monoisotopic (exact) mass is 447 g/mol. The van der Waals surface area contributed by atoms with Gasteiger partial charge in [0.2, 0.25) is 21.8 Å². The highest BCUT2D eigenvalue weighted by molar-refractivity contribution is 7.89. The lowest BCUT2D eigenvalue weighted by Crippen LogP contribution is -2.43. The van der Waals surface area contributed by atoms with Crippen LogP contribution in [0.15, 0.2) is 29.2 Å². The maximum Gasteiger partial charge on any atom is 0.243 e. The van der Waals surface area contributed by atoms with Crippen LogP contribution < -0.4 is 5.32 Å². The Balaban J connectivity index is 1.43. The zero-order chi connectivity index (χ0) is 22.0. The van der Waals surface area contributed by atoms with E-state index in [0.717, 1.165) is 32.2 Å². The van der Waals surface area contributed by atoms with Crippen LogP contribution in [0.5, 0.6) is 0 Å². The standard InChI is InChI=1S/C23H33N3O4S/c1-17(27)24-20-7-9-22(10-8-20)31(29,30)25-13-11-18-15-23(28)26(14-12-19(18)16-25)21-5-3-2-4-6-21/h7-10,18-19,21H,2-6,11-16H2,1H3,(H,24,27)/t18-,19-/m0/s1. The summed E-state index contributed by atoms with van der Waals surface area (Å²) >= 11 is 0. The smallest absolute Gasteiger partial charge is 0.243 e. The molecule has 0 unspecified atom stereocenters. The number of anilines is 1. The molecule has 0 aromatic heterocycles. The number of rotatable bonds is 4. The molecule has 0 spiro atoms. The van der Waals surface area contributed by atoms with E-state index in [1.54, 1.807) is 28.6 Å². The third-order valence-corrected chi connectivity index (χ3v) is 9.06. The van der Waals surface area contributed by atoms with Crippen molar-refractivity contribution in [2.75, 3.05) is 25.0 Å². The Bertz CT molecular complexity index is 909. The molecule has 0 bridgehead atoms. The topological polar surface area (TPSA) is 86.8 Å². The van der Waals surface area contributed by atoms with Crippen LogP contribution in [-0.4, -0.2) is 55.1 Å².